The van der Waals surface area contributed by atoms with E-state index in [0.717, 1.165) is 0 Å². The summed E-state index contributed by atoms with van der Waals surface area (Å²) < 4.78 is 53.2. The van der Waals surface area contributed by atoms with E-state index in [1.807, 2.05) is 0 Å². The third-order valence-corrected chi connectivity index (χ3v) is 2.73. The number of carbonyl (C=O) groups is 1. The van der Waals surface area contributed by atoms with Gasteiger partial charge in [-0.05, 0) is 5.56 Å². The summed E-state index contributed by atoms with van der Waals surface area (Å²) in [5.41, 5.74) is 1.42. The fourth-order valence-electron chi connectivity index (χ4n) is 1.69. The topological polar surface area (TPSA) is 58.6 Å². The Kier molecular flexibility index (Phi) is 4.62. The maximum absolute atomic E-state index is 13.6. The second-order valence-corrected chi connectivity index (χ2v) is 4.17. The molecule has 0 saturated heterocycles. The van der Waals surface area contributed by atoms with Crippen LogP contribution in [0, 0.1) is 23.3 Å². The zero-order valence-electron chi connectivity index (χ0n) is 10.9. The second-order valence-electron chi connectivity index (χ2n) is 4.17. The van der Waals surface area contributed by atoms with Crippen LogP contribution in [-0.4, -0.2) is 11.1 Å². The lowest BCUT2D eigenvalue weighted by Gasteiger charge is -2.12. The van der Waals surface area contributed by atoms with E-state index < -0.39 is 40.6 Å². The number of benzene rings is 2. The molecule has 2 aromatic rings. The number of carboxylic acid groups (broad SMARTS) is 1. The van der Waals surface area contributed by atoms with E-state index in [-0.39, 0.29) is 6.54 Å². The lowest BCUT2D eigenvalue weighted by atomic mass is 10.1. The summed E-state index contributed by atoms with van der Waals surface area (Å²) in [7, 11) is 0. The number of rotatable bonds is 5. The summed E-state index contributed by atoms with van der Waals surface area (Å²) in [6.07, 6.45) is 0. The van der Waals surface area contributed by atoms with Crippen LogP contribution in [0.15, 0.2) is 30.3 Å². The molecule has 0 radical (unpaired) electrons. The molecule has 0 heterocycles. The third kappa shape index (κ3) is 3.01. The van der Waals surface area contributed by atoms with Crippen LogP contribution in [0.2, 0.25) is 0 Å². The highest BCUT2D eigenvalue weighted by Gasteiger charge is 2.30. The van der Waals surface area contributed by atoms with Crippen molar-refractivity contribution in [3.05, 3.63) is 64.7 Å². The van der Waals surface area contributed by atoms with Gasteiger partial charge in [-0.2, -0.15) is 9.87 Å². The number of nitrogens with one attached hydrogen (secondary N) is 1. The minimum absolute atomic E-state index is 0.0000461. The first-order valence-electron chi connectivity index (χ1n) is 5.96. The maximum Gasteiger partial charge on any atom is 0.342 e. The highest BCUT2D eigenvalue weighted by atomic mass is 19.2. The van der Waals surface area contributed by atoms with Gasteiger partial charge in [-0.15, -0.1) is 0 Å². The molecular weight excluding hydrogens is 306 g/mol. The molecule has 0 fully saturated rings. The van der Waals surface area contributed by atoms with Crippen molar-refractivity contribution < 1.29 is 32.3 Å². The Bertz CT molecular complexity index is 707. The van der Waals surface area contributed by atoms with Crippen molar-refractivity contribution >= 4 is 5.97 Å². The first-order chi connectivity index (χ1) is 10.4. The largest absolute Gasteiger partial charge is 0.477 e. The maximum atomic E-state index is 13.6. The van der Waals surface area contributed by atoms with Crippen LogP contribution < -0.4 is 10.3 Å². The van der Waals surface area contributed by atoms with E-state index in [1.54, 1.807) is 30.3 Å². The predicted octanol–water partition coefficient (Wildman–Crippen LogP) is 3.02. The minimum Gasteiger partial charge on any atom is -0.477 e. The molecule has 22 heavy (non-hydrogen) atoms. The summed E-state index contributed by atoms with van der Waals surface area (Å²) in [4.78, 5) is 15.5. The van der Waals surface area contributed by atoms with Crippen molar-refractivity contribution in [1.82, 2.24) is 5.48 Å². The smallest absolute Gasteiger partial charge is 0.342 e. The summed E-state index contributed by atoms with van der Waals surface area (Å²) in [6, 6.07) is 8.51. The van der Waals surface area contributed by atoms with E-state index in [1.165, 1.54) is 0 Å². The van der Waals surface area contributed by atoms with E-state index in [0.29, 0.717) is 5.56 Å². The molecule has 0 aliphatic heterocycles. The van der Waals surface area contributed by atoms with Gasteiger partial charge in [0.25, 0.3) is 0 Å². The van der Waals surface area contributed by atoms with Gasteiger partial charge < -0.3 is 9.94 Å². The van der Waals surface area contributed by atoms with Crippen LogP contribution in [0.4, 0.5) is 17.6 Å². The number of halogens is 4. The molecule has 0 amide bonds. The van der Waals surface area contributed by atoms with Crippen LogP contribution in [0.3, 0.4) is 0 Å². The van der Waals surface area contributed by atoms with Crippen LogP contribution in [0.1, 0.15) is 15.9 Å². The summed E-state index contributed by atoms with van der Waals surface area (Å²) >= 11 is 0. The first kappa shape index (κ1) is 15.8. The Hall–Kier alpha value is -2.61. The van der Waals surface area contributed by atoms with Crippen LogP contribution in [-0.2, 0) is 6.54 Å². The van der Waals surface area contributed by atoms with Crippen molar-refractivity contribution in [3.63, 3.8) is 0 Å². The molecule has 4 nitrogen and oxygen atoms in total. The summed E-state index contributed by atoms with van der Waals surface area (Å²) in [5.74, 6) is -11.6. The normalized spacial score (nSPS) is 10.5. The third-order valence-electron chi connectivity index (χ3n) is 2.73. The van der Waals surface area contributed by atoms with Gasteiger partial charge in [0.2, 0.25) is 17.4 Å². The fourth-order valence-corrected chi connectivity index (χ4v) is 1.69. The summed E-state index contributed by atoms with van der Waals surface area (Å²) in [6.45, 7) is -0.0000461. The first-order valence-corrected chi connectivity index (χ1v) is 5.96. The van der Waals surface area contributed by atoms with Crippen molar-refractivity contribution in [1.29, 1.82) is 0 Å². The molecular formula is C14H9F4NO3. The number of hydrogen-bond donors (Lipinski definition) is 2. The molecule has 2 N–H and O–H groups in total. The Morgan fingerprint density at radius 1 is 1.00 bits per heavy atom. The number of hydroxylamine groups is 1. The van der Waals surface area contributed by atoms with Crippen molar-refractivity contribution in [3.8, 4) is 5.75 Å². The monoisotopic (exact) mass is 315 g/mol. The fraction of sp³-hybridized carbons (Fsp3) is 0.0714. The van der Waals surface area contributed by atoms with E-state index in [9.17, 15) is 22.4 Å². The number of carboxylic acids is 1. The van der Waals surface area contributed by atoms with Crippen LogP contribution in [0.25, 0.3) is 0 Å². The Balaban J connectivity index is 2.28. The van der Waals surface area contributed by atoms with Crippen LogP contribution in [0.5, 0.6) is 5.75 Å². The van der Waals surface area contributed by atoms with Gasteiger partial charge in [0.15, 0.2) is 11.6 Å². The average molecular weight is 315 g/mol. The molecule has 0 unspecified atom stereocenters. The standard InChI is InChI=1S/C14H9F4NO3/c15-9-8(14(20)21)13(12(18)11(17)10(9)16)22-19-6-7-4-2-1-3-5-7/h1-5,19H,6H2,(H,20,21). The Labute approximate surface area is 121 Å². The van der Waals surface area contributed by atoms with Gasteiger partial charge in [-0.1, -0.05) is 30.3 Å². The molecule has 0 aliphatic rings. The molecule has 0 aliphatic carbocycles. The lowest BCUT2D eigenvalue weighted by molar-refractivity contribution is 0.0676. The highest BCUT2D eigenvalue weighted by molar-refractivity contribution is 5.91. The zero-order chi connectivity index (χ0) is 16.3. The molecule has 116 valence electrons. The average Bonchev–Trinajstić information content (AvgIpc) is 2.51. The van der Waals surface area contributed by atoms with E-state index >= 15 is 0 Å². The SMILES string of the molecule is O=C(O)c1c(F)c(F)c(F)c(F)c1ONCc1ccccc1. The van der Waals surface area contributed by atoms with E-state index in [2.05, 4.69) is 10.3 Å². The van der Waals surface area contributed by atoms with Gasteiger partial charge in [0.1, 0.15) is 5.56 Å². The van der Waals surface area contributed by atoms with Crippen molar-refractivity contribution in [2.24, 2.45) is 0 Å². The minimum atomic E-state index is -2.22. The van der Waals surface area contributed by atoms with Gasteiger partial charge >= 0.3 is 5.97 Å². The van der Waals surface area contributed by atoms with E-state index in [4.69, 9.17) is 5.11 Å². The zero-order valence-corrected chi connectivity index (χ0v) is 10.9. The van der Waals surface area contributed by atoms with Crippen molar-refractivity contribution in [2.75, 3.05) is 0 Å². The molecule has 2 rings (SSSR count). The highest BCUT2D eigenvalue weighted by Crippen LogP contribution is 2.30. The predicted molar refractivity (Wildman–Crippen MR) is 67.1 cm³/mol. The molecule has 0 bridgehead atoms. The van der Waals surface area contributed by atoms with Gasteiger partial charge in [-0.3, -0.25) is 0 Å². The van der Waals surface area contributed by atoms with Gasteiger partial charge in [-0.25, -0.2) is 18.0 Å². The second kappa shape index (κ2) is 6.44. The van der Waals surface area contributed by atoms with Gasteiger partial charge in [0.05, 0.1) is 6.54 Å². The van der Waals surface area contributed by atoms with Gasteiger partial charge in [0, 0.05) is 0 Å². The number of hydrogen-bond acceptors (Lipinski definition) is 3. The molecule has 0 spiro atoms. The quantitative estimate of drug-likeness (QED) is 0.385. The lowest BCUT2D eigenvalue weighted by Crippen LogP contribution is -2.22. The molecule has 2 aromatic carbocycles. The summed E-state index contributed by atoms with van der Waals surface area (Å²) in [5, 5.41) is 8.80. The Morgan fingerprint density at radius 3 is 2.18 bits per heavy atom. The molecule has 0 aromatic heterocycles. The Morgan fingerprint density at radius 2 is 1.59 bits per heavy atom. The van der Waals surface area contributed by atoms with Crippen LogP contribution >= 0.6 is 0 Å². The number of aromatic carboxylic acids is 1. The van der Waals surface area contributed by atoms with Crippen molar-refractivity contribution in [2.45, 2.75) is 6.54 Å². The molecule has 0 saturated carbocycles. The molecule has 0 atom stereocenters. The molecule has 8 heteroatoms.